The molecule has 0 amide bonds. The van der Waals surface area contributed by atoms with Gasteiger partial charge in [-0.1, -0.05) is 19.4 Å². The molecular formula is C11H20OS. The Hall–Kier alpha value is -0.240. The summed E-state index contributed by atoms with van der Waals surface area (Å²) in [6, 6.07) is 0. The van der Waals surface area contributed by atoms with Crippen LogP contribution in [0.3, 0.4) is 0 Å². The number of carbonyl (C=O) groups excluding carboxylic acids is 1. The summed E-state index contributed by atoms with van der Waals surface area (Å²) in [7, 11) is 0. The Balaban J connectivity index is 4.97. The molecule has 0 rings (SSSR count). The molecule has 0 spiro atoms. The van der Waals surface area contributed by atoms with Crippen molar-refractivity contribution in [2.75, 3.05) is 12.0 Å². The molecule has 2 heteroatoms. The van der Waals surface area contributed by atoms with Gasteiger partial charge < -0.3 is 0 Å². The summed E-state index contributed by atoms with van der Waals surface area (Å²) < 4.78 is 0. The van der Waals surface area contributed by atoms with Crippen LogP contribution in [-0.2, 0) is 4.79 Å². The van der Waals surface area contributed by atoms with Gasteiger partial charge in [-0.3, -0.25) is 4.79 Å². The van der Waals surface area contributed by atoms with Gasteiger partial charge in [0, 0.05) is 11.2 Å². The number of thioether (sulfide) groups is 1. The number of allylic oxidation sites excluding steroid dienone is 2. The molecule has 0 radical (unpaired) electrons. The van der Waals surface area contributed by atoms with Crippen molar-refractivity contribution >= 4 is 17.5 Å². The van der Waals surface area contributed by atoms with E-state index in [1.165, 1.54) is 0 Å². The van der Waals surface area contributed by atoms with E-state index in [9.17, 15) is 4.79 Å². The molecule has 1 nitrogen and oxygen atoms in total. The van der Waals surface area contributed by atoms with Crippen LogP contribution in [0, 0.1) is 5.41 Å². The Morgan fingerprint density at radius 2 is 1.69 bits per heavy atom. The smallest absolute Gasteiger partial charge is 0.156 e. The molecular weight excluding hydrogens is 180 g/mol. The first-order valence-electron chi connectivity index (χ1n) is 4.50. The second kappa shape index (κ2) is 4.85. The third-order valence-electron chi connectivity index (χ3n) is 2.03. The van der Waals surface area contributed by atoms with Crippen LogP contribution in [0.25, 0.3) is 0 Å². The lowest BCUT2D eigenvalue weighted by atomic mass is 9.81. The van der Waals surface area contributed by atoms with E-state index in [0.29, 0.717) is 0 Å². The first kappa shape index (κ1) is 12.8. The van der Waals surface area contributed by atoms with E-state index in [2.05, 4.69) is 20.1 Å². The second-order valence-corrected chi connectivity index (χ2v) is 5.11. The van der Waals surface area contributed by atoms with Crippen molar-refractivity contribution in [1.29, 1.82) is 0 Å². The van der Waals surface area contributed by atoms with Crippen LogP contribution < -0.4 is 0 Å². The van der Waals surface area contributed by atoms with Gasteiger partial charge in [-0.05, 0) is 32.6 Å². The monoisotopic (exact) mass is 200 g/mol. The molecule has 0 aromatic carbocycles. The molecule has 0 unspecified atom stereocenters. The molecule has 0 N–H and O–H groups in total. The van der Waals surface area contributed by atoms with Crippen LogP contribution in [0.2, 0.25) is 0 Å². The Morgan fingerprint density at radius 3 is 1.92 bits per heavy atom. The van der Waals surface area contributed by atoms with E-state index in [1.54, 1.807) is 18.7 Å². The number of rotatable bonds is 4. The maximum atomic E-state index is 11.4. The summed E-state index contributed by atoms with van der Waals surface area (Å²) in [5.74, 6) is 1.20. The van der Waals surface area contributed by atoms with E-state index in [4.69, 9.17) is 0 Å². The van der Waals surface area contributed by atoms with E-state index in [-0.39, 0.29) is 11.2 Å². The summed E-state index contributed by atoms with van der Waals surface area (Å²) in [5.41, 5.74) is 2.14. The lowest BCUT2D eigenvalue weighted by Crippen LogP contribution is -2.23. The molecule has 0 atom stereocenters. The standard InChI is InChI=1S/C11H20OS/c1-8(2)10(9(3)12)11(4,5)7-13-6/h7H2,1-6H3. The van der Waals surface area contributed by atoms with Gasteiger partial charge in [0.1, 0.15) is 0 Å². The van der Waals surface area contributed by atoms with Crippen LogP contribution in [0.5, 0.6) is 0 Å². The molecule has 76 valence electrons. The third kappa shape index (κ3) is 3.55. The Morgan fingerprint density at radius 1 is 1.23 bits per heavy atom. The van der Waals surface area contributed by atoms with E-state index in [1.807, 2.05) is 13.8 Å². The summed E-state index contributed by atoms with van der Waals surface area (Å²) in [4.78, 5) is 11.4. The average molecular weight is 200 g/mol. The van der Waals surface area contributed by atoms with Gasteiger partial charge in [-0.2, -0.15) is 11.8 Å². The van der Waals surface area contributed by atoms with Crippen molar-refractivity contribution in [2.45, 2.75) is 34.6 Å². The van der Waals surface area contributed by atoms with Gasteiger partial charge in [0.2, 0.25) is 0 Å². The van der Waals surface area contributed by atoms with E-state index < -0.39 is 0 Å². The summed E-state index contributed by atoms with van der Waals surface area (Å²) in [6.07, 6.45) is 2.07. The zero-order chi connectivity index (χ0) is 10.6. The molecule has 0 bridgehead atoms. The highest BCUT2D eigenvalue weighted by Crippen LogP contribution is 2.32. The summed E-state index contributed by atoms with van der Waals surface area (Å²) in [5, 5.41) is 0. The number of hydrogen-bond donors (Lipinski definition) is 0. The first-order chi connectivity index (χ1) is 5.83. The van der Waals surface area contributed by atoms with Gasteiger partial charge in [0.15, 0.2) is 5.78 Å². The minimum Gasteiger partial charge on any atom is -0.295 e. The second-order valence-electron chi connectivity index (χ2n) is 4.25. The average Bonchev–Trinajstić information content (AvgIpc) is 1.82. The molecule has 0 aromatic heterocycles. The van der Waals surface area contributed by atoms with Crippen LogP contribution in [0.1, 0.15) is 34.6 Å². The molecule has 0 saturated carbocycles. The van der Waals surface area contributed by atoms with Crippen molar-refractivity contribution < 1.29 is 4.79 Å². The highest BCUT2D eigenvalue weighted by atomic mass is 32.2. The molecule has 0 aliphatic rings. The molecule has 0 saturated heterocycles. The highest BCUT2D eigenvalue weighted by Gasteiger charge is 2.26. The third-order valence-corrected chi connectivity index (χ3v) is 3.04. The van der Waals surface area contributed by atoms with Gasteiger partial charge in [0.05, 0.1) is 0 Å². The minimum atomic E-state index is 0.00405. The highest BCUT2D eigenvalue weighted by molar-refractivity contribution is 7.98. The van der Waals surface area contributed by atoms with Crippen LogP contribution >= 0.6 is 11.8 Å². The normalized spacial score (nSPS) is 11.2. The van der Waals surface area contributed by atoms with Crippen molar-refractivity contribution in [3.8, 4) is 0 Å². The summed E-state index contributed by atoms with van der Waals surface area (Å²) >= 11 is 1.79. The first-order valence-corrected chi connectivity index (χ1v) is 5.90. The van der Waals surface area contributed by atoms with E-state index >= 15 is 0 Å². The van der Waals surface area contributed by atoms with Gasteiger partial charge in [0.25, 0.3) is 0 Å². The Labute approximate surface area is 86.0 Å². The largest absolute Gasteiger partial charge is 0.295 e. The molecule has 13 heavy (non-hydrogen) atoms. The lowest BCUT2D eigenvalue weighted by Gasteiger charge is -2.27. The van der Waals surface area contributed by atoms with Crippen LogP contribution in [0.4, 0.5) is 0 Å². The number of hydrogen-bond acceptors (Lipinski definition) is 2. The van der Waals surface area contributed by atoms with Gasteiger partial charge in [-0.15, -0.1) is 0 Å². The molecule has 0 aliphatic carbocycles. The zero-order valence-corrected chi connectivity index (χ0v) is 10.3. The predicted molar refractivity (Wildman–Crippen MR) is 61.2 cm³/mol. The van der Waals surface area contributed by atoms with Crippen molar-refractivity contribution in [3.05, 3.63) is 11.1 Å². The fourth-order valence-corrected chi connectivity index (χ4v) is 2.80. The predicted octanol–water partition coefficient (Wildman–Crippen LogP) is 3.30. The van der Waals surface area contributed by atoms with E-state index in [0.717, 1.165) is 16.9 Å². The maximum absolute atomic E-state index is 11.4. The minimum absolute atomic E-state index is 0.00405. The quantitative estimate of drug-likeness (QED) is 0.648. The lowest BCUT2D eigenvalue weighted by molar-refractivity contribution is -0.114. The Bertz CT molecular complexity index is 222. The van der Waals surface area contributed by atoms with Crippen LogP contribution in [-0.4, -0.2) is 17.8 Å². The SMILES string of the molecule is CSCC(C)(C)C(C(C)=O)=C(C)C. The van der Waals surface area contributed by atoms with Crippen LogP contribution in [0.15, 0.2) is 11.1 Å². The fraction of sp³-hybridized carbons (Fsp3) is 0.727. The fourth-order valence-electron chi connectivity index (χ4n) is 1.94. The number of carbonyl (C=O) groups is 1. The van der Waals surface area contributed by atoms with Gasteiger partial charge >= 0.3 is 0 Å². The molecule has 0 heterocycles. The zero-order valence-electron chi connectivity index (χ0n) is 9.52. The van der Waals surface area contributed by atoms with Crippen molar-refractivity contribution in [2.24, 2.45) is 5.41 Å². The Kier molecular flexibility index (Phi) is 4.76. The van der Waals surface area contributed by atoms with Gasteiger partial charge in [-0.25, -0.2) is 0 Å². The topological polar surface area (TPSA) is 17.1 Å². The maximum Gasteiger partial charge on any atom is 0.156 e. The molecule has 0 aromatic rings. The summed E-state index contributed by atoms with van der Waals surface area (Å²) in [6.45, 7) is 9.95. The van der Waals surface area contributed by atoms with Crippen molar-refractivity contribution in [1.82, 2.24) is 0 Å². The molecule has 0 aliphatic heterocycles. The number of ketones is 1. The van der Waals surface area contributed by atoms with Crippen molar-refractivity contribution in [3.63, 3.8) is 0 Å². The molecule has 0 fully saturated rings. The number of Topliss-reactive ketones (excluding diaryl/α,β-unsaturated/α-hetero) is 1.